The number of fused-ring (bicyclic) bond motifs is 2. The lowest BCUT2D eigenvalue weighted by atomic mass is 9.56. The highest BCUT2D eigenvalue weighted by molar-refractivity contribution is 5.67. The first-order chi connectivity index (χ1) is 11.0. The van der Waals surface area contributed by atoms with Crippen molar-refractivity contribution < 1.29 is 14.3 Å². The van der Waals surface area contributed by atoms with Crippen molar-refractivity contribution in [2.45, 2.75) is 60.0 Å². The minimum Gasteiger partial charge on any atom is -0.449 e. The lowest BCUT2D eigenvalue weighted by Gasteiger charge is -2.55. The second kappa shape index (κ2) is 7.69. The van der Waals surface area contributed by atoms with E-state index in [1.54, 1.807) is 0 Å². The van der Waals surface area contributed by atoms with Gasteiger partial charge >= 0.3 is 6.09 Å². The Morgan fingerprint density at radius 1 is 1.39 bits per heavy atom. The number of hydrogen-bond donors (Lipinski definition) is 1. The van der Waals surface area contributed by atoms with Crippen LogP contribution < -0.4 is 5.32 Å². The number of nitrogens with one attached hydrogen (secondary N) is 1. The van der Waals surface area contributed by atoms with Crippen LogP contribution in [0, 0.1) is 23.2 Å². The van der Waals surface area contributed by atoms with E-state index >= 15 is 0 Å². The first-order valence-electron chi connectivity index (χ1n) is 9.16. The maximum atomic E-state index is 11.9. The van der Waals surface area contributed by atoms with Gasteiger partial charge in [0.25, 0.3) is 0 Å². The summed E-state index contributed by atoms with van der Waals surface area (Å²) in [7, 11) is 0. The lowest BCUT2D eigenvalue weighted by Crippen LogP contribution is -2.57. The highest BCUT2D eigenvalue weighted by Gasteiger charge is 2.53. The molecule has 1 aliphatic heterocycles. The second-order valence-electron chi connectivity index (χ2n) is 7.39. The average molecular weight is 323 g/mol. The Bertz CT molecular complexity index is 448. The summed E-state index contributed by atoms with van der Waals surface area (Å²) in [5.74, 6) is 1.27. The molecular weight excluding hydrogens is 290 g/mol. The molecule has 0 spiro atoms. The molecule has 0 aromatic heterocycles. The molecule has 1 N–H and O–H groups in total. The molecule has 0 aromatic rings. The summed E-state index contributed by atoms with van der Waals surface area (Å²) in [6, 6.07) is 0. The van der Waals surface area contributed by atoms with Gasteiger partial charge in [0, 0.05) is 17.9 Å². The van der Waals surface area contributed by atoms with Gasteiger partial charge in [0.2, 0.25) is 0 Å². The zero-order valence-corrected chi connectivity index (χ0v) is 15.4. The fourth-order valence-corrected chi connectivity index (χ4v) is 4.41. The third-order valence-corrected chi connectivity index (χ3v) is 5.92. The second-order valence-corrected chi connectivity index (χ2v) is 7.39. The summed E-state index contributed by atoms with van der Waals surface area (Å²) < 4.78 is 11.8. The minimum absolute atomic E-state index is 0.0992. The summed E-state index contributed by atoms with van der Waals surface area (Å²) in [5.41, 5.74) is 1.34. The Kier molecular flexibility index (Phi) is 6.12. The van der Waals surface area contributed by atoms with Crippen LogP contribution in [0.4, 0.5) is 4.79 Å². The first-order valence-corrected chi connectivity index (χ1v) is 9.16. The van der Waals surface area contributed by atoms with Crippen molar-refractivity contribution in [1.82, 2.24) is 5.32 Å². The Morgan fingerprint density at radius 2 is 2.13 bits per heavy atom. The monoisotopic (exact) mass is 323 g/mol. The third kappa shape index (κ3) is 3.57. The van der Waals surface area contributed by atoms with Gasteiger partial charge in [-0.25, -0.2) is 4.79 Å². The number of ether oxygens (including phenoxy) is 2. The normalized spacial score (nSPS) is 36.3. The van der Waals surface area contributed by atoms with Gasteiger partial charge in [-0.2, -0.15) is 0 Å². The molecule has 23 heavy (non-hydrogen) atoms. The summed E-state index contributed by atoms with van der Waals surface area (Å²) >= 11 is 0. The largest absolute Gasteiger partial charge is 0.449 e. The van der Waals surface area contributed by atoms with Gasteiger partial charge in [0.05, 0.1) is 12.7 Å². The number of allylic oxidation sites excluding steroid dienone is 1. The molecule has 4 nitrogen and oxygen atoms in total. The van der Waals surface area contributed by atoms with E-state index in [4.69, 9.17) is 9.47 Å². The summed E-state index contributed by atoms with van der Waals surface area (Å²) in [6.07, 6.45) is 5.53. The van der Waals surface area contributed by atoms with Crippen LogP contribution in [0.2, 0.25) is 0 Å². The predicted molar refractivity (Wildman–Crippen MR) is 92.3 cm³/mol. The van der Waals surface area contributed by atoms with Crippen LogP contribution in [0.25, 0.3) is 0 Å². The topological polar surface area (TPSA) is 47.6 Å². The molecule has 2 rings (SSSR count). The first kappa shape index (κ1) is 18.3. The molecule has 1 saturated heterocycles. The smallest absolute Gasteiger partial charge is 0.407 e. The SMILES string of the molecule is CCCNC(=O)OC[C@]12COC(CCC)C(C(C)=CC1C)[C@@H]2C. The summed E-state index contributed by atoms with van der Waals surface area (Å²) in [4.78, 5) is 11.9. The fourth-order valence-electron chi connectivity index (χ4n) is 4.41. The minimum atomic E-state index is -0.306. The van der Waals surface area contributed by atoms with Gasteiger partial charge in [-0.05, 0) is 31.6 Å². The van der Waals surface area contributed by atoms with E-state index in [0.29, 0.717) is 43.6 Å². The Balaban J connectivity index is 2.12. The molecular formula is C19H33NO3. The Hall–Kier alpha value is -1.03. The molecule has 1 fully saturated rings. The van der Waals surface area contributed by atoms with Crippen LogP contribution in [0.1, 0.15) is 53.9 Å². The van der Waals surface area contributed by atoms with Gasteiger partial charge < -0.3 is 14.8 Å². The summed E-state index contributed by atoms with van der Waals surface area (Å²) in [6.45, 7) is 12.8. The van der Waals surface area contributed by atoms with Gasteiger partial charge in [0.15, 0.2) is 0 Å². The number of alkyl carbamates (subject to hydrolysis) is 1. The van der Waals surface area contributed by atoms with E-state index in [1.807, 2.05) is 6.92 Å². The predicted octanol–water partition coefficient (Wildman–Crippen LogP) is 4.16. The van der Waals surface area contributed by atoms with Gasteiger partial charge in [-0.3, -0.25) is 0 Å². The van der Waals surface area contributed by atoms with Gasteiger partial charge in [-0.15, -0.1) is 0 Å². The molecule has 0 radical (unpaired) electrons. The van der Waals surface area contributed by atoms with Crippen LogP contribution in [-0.4, -0.2) is 32.0 Å². The standard InChI is InChI=1S/C19H33NO3/c1-6-8-16-17-13(3)10-14(4)19(11-22-16,15(17)5)12-23-18(21)20-9-7-2/h10,14-17H,6-9,11-12H2,1-5H3,(H,20,21)/t14?,15-,16?,17?,19+/m0/s1. The van der Waals surface area contributed by atoms with Crippen molar-refractivity contribution in [3.63, 3.8) is 0 Å². The van der Waals surface area contributed by atoms with Crippen molar-refractivity contribution in [2.75, 3.05) is 19.8 Å². The Labute approximate surface area is 141 Å². The van der Waals surface area contributed by atoms with Crippen molar-refractivity contribution in [2.24, 2.45) is 23.2 Å². The van der Waals surface area contributed by atoms with Crippen LogP contribution in [0.3, 0.4) is 0 Å². The highest BCUT2D eigenvalue weighted by Crippen LogP contribution is 2.53. The molecule has 132 valence electrons. The van der Waals surface area contributed by atoms with Gasteiger partial charge in [-0.1, -0.05) is 45.8 Å². The number of hydrogen-bond acceptors (Lipinski definition) is 3. The zero-order chi connectivity index (χ0) is 17.0. The maximum Gasteiger partial charge on any atom is 0.407 e. The molecule has 1 heterocycles. The van der Waals surface area contributed by atoms with Crippen LogP contribution in [0.5, 0.6) is 0 Å². The van der Waals surface area contributed by atoms with E-state index in [2.05, 4.69) is 39.1 Å². The number of carbonyl (C=O) groups excluding carboxylic acids is 1. The van der Waals surface area contributed by atoms with Crippen LogP contribution in [0.15, 0.2) is 11.6 Å². The van der Waals surface area contributed by atoms with Crippen molar-refractivity contribution in [3.8, 4) is 0 Å². The number of rotatable bonds is 6. The van der Waals surface area contributed by atoms with Crippen LogP contribution >= 0.6 is 0 Å². The molecule has 2 bridgehead atoms. The van der Waals surface area contributed by atoms with E-state index < -0.39 is 0 Å². The van der Waals surface area contributed by atoms with E-state index in [0.717, 1.165) is 19.3 Å². The molecule has 1 aliphatic carbocycles. The van der Waals surface area contributed by atoms with Crippen molar-refractivity contribution in [3.05, 3.63) is 11.6 Å². The fraction of sp³-hybridized carbons (Fsp3) is 0.842. The molecule has 2 aliphatic rings. The van der Waals surface area contributed by atoms with Crippen molar-refractivity contribution in [1.29, 1.82) is 0 Å². The van der Waals surface area contributed by atoms with Crippen molar-refractivity contribution >= 4 is 6.09 Å². The molecule has 5 atom stereocenters. The zero-order valence-electron chi connectivity index (χ0n) is 15.4. The van der Waals surface area contributed by atoms with Crippen LogP contribution in [-0.2, 0) is 9.47 Å². The van der Waals surface area contributed by atoms with E-state index in [9.17, 15) is 4.79 Å². The lowest BCUT2D eigenvalue weighted by molar-refractivity contribution is -0.164. The average Bonchev–Trinajstić information content (AvgIpc) is 2.51. The number of carbonyl (C=O) groups is 1. The molecule has 4 heteroatoms. The highest BCUT2D eigenvalue weighted by atomic mass is 16.6. The molecule has 0 saturated carbocycles. The molecule has 1 amide bonds. The summed E-state index contributed by atoms with van der Waals surface area (Å²) in [5, 5.41) is 2.79. The molecule has 3 unspecified atom stereocenters. The molecule has 0 aromatic carbocycles. The number of amides is 1. The van der Waals surface area contributed by atoms with E-state index in [-0.39, 0.29) is 11.5 Å². The third-order valence-electron chi connectivity index (χ3n) is 5.92. The quantitative estimate of drug-likeness (QED) is 0.747. The van der Waals surface area contributed by atoms with E-state index in [1.165, 1.54) is 5.57 Å². The van der Waals surface area contributed by atoms with Gasteiger partial charge in [0.1, 0.15) is 6.61 Å². The Morgan fingerprint density at radius 3 is 2.78 bits per heavy atom. The maximum absolute atomic E-state index is 11.9.